The second-order valence-corrected chi connectivity index (χ2v) is 17.3. The summed E-state index contributed by atoms with van der Waals surface area (Å²) in [6.45, 7) is 17.1. The Bertz CT molecular complexity index is 1550. The maximum atomic E-state index is 13.4. The average molecular weight is 601 g/mol. The summed E-state index contributed by atoms with van der Waals surface area (Å²) >= 11 is 0. The standard InChI is InChI=1S/C37H52N4O3/c1-32(2)13-15-37(31(42)43)16-14-36(7)28(24(37)19-32)22(21-9-10-27(44-8)39-20-21)17-26-34(5)18-23-29(40-41-30(23)38)33(3,4)25(34)11-12-35(26,36)6/h9-10,20,24-26H,11-19H2,1-8H3,(H,42,43)(H3,38,40,41). The summed E-state index contributed by atoms with van der Waals surface area (Å²) in [5, 5.41) is 18.9. The SMILES string of the molecule is COc1ccc(C2=C3C4CC(C)(C)CCC4(C(=O)O)CCC3(C)C3(C)CCC4C(C)(C)c5n[nH]c(N)c5CC4(C)C3C2)cn1. The van der Waals surface area contributed by atoms with Gasteiger partial charge in [0.25, 0.3) is 0 Å². The summed E-state index contributed by atoms with van der Waals surface area (Å²) in [6, 6.07) is 4.14. The molecule has 7 unspecified atom stereocenters. The van der Waals surface area contributed by atoms with Gasteiger partial charge in [0, 0.05) is 23.2 Å². The highest BCUT2D eigenvalue weighted by atomic mass is 16.5. The number of carbonyl (C=O) groups is 1. The van der Waals surface area contributed by atoms with E-state index in [1.807, 2.05) is 12.3 Å². The number of allylic oxidation sites excluding steroid dienone is 2. The zero-order valence-corrected chi connectivity index (χ0v) is 28.1. The predicted molar refractivity (Wildman–Crippen MR) is 173 cm³/mol. The molecule has 7 heteroatoms. The zero-order chi connectivity index (χ0) is 31.7. The molecule has 7 nitrogen and oxygen atoms in total. The van der Waals surface area contributed by atoms with Gasteiger partial charge >= 0.3 is 5.97 Å². The first-order valence-corrected chi connectivity index (χ1v) is 16.8. The lowest BCUT2D eigenvalue weighted by molar-refractivity contribution is -0.175. The van der Waals surface area contributed by atoms with Crippen molar-refractivity contribution in [3.63, 3.8) is 0 Å². The number of aromatic nitrogens is 3. The van der Waals surface area contributed by atoms with Crippen LogP contribution in [0.2, 0.25) is 0 Å². The van der Waals surface area contributed by atoms with Crippen LogP contribution >= 0.6 is 0 Å². The van der Waals surface area contributed by atoms with E-state index in [2.05, 4.69) is 59.6 Å². The number of aliphatic carboxylic acids is 1. The molecule has 2 aromatic heterocycles. The van der Waals surface area contributed by atoms with E-state index in [0.717, 1.165) is 69.0 Å². The molecule has 2 aromatic rings. The number of carboxylic acid groups (broad SMARTS) is 1. The summed E-state index contributed by atoms with van der Waals surface area (Å²) in [7, 11) is 1.66. The fourth-order valence-electron chi connectivity index (χ4n) is 12.1. The number of H-pyrrole nitrogens is 1. The van der Waals surface area contributed by atoms with E-state index >= 15 is 0 Å². The number of fused-ring (bicyclic) bond motifs is 8. The van der Waals surface area contributed by atoms with Crippen LogP contribution in [0.5, 0.6) is 5.88 Å². The van der Waals surface area contributed by atoms with Crippen LogP contribution in [-0.2, 0) is 16.6 Å². The van der Waals surface area contributed by atoms with E-state index in [1.165, 1.54) is 16.7 Å². The first-order chi connectivity index (χ1) is 20.5. The molecule has 4 N–H and O–H groups in total. The molecule has 3 fully saturated rings. The van der Waals surface area contributed by atoms with E-state index < -0.39 is 11.4 Å². The highest BCUT2D eigenvalue weighted by Gasteiger charge is 2.70. The topological polar surface area (TPSA) is 114 Å². The molecule has 5 aliphatic carbocycles. The number of nitrogen functional groups attached to an aromatic ring is 1. The van der Waals surface area contributed by atoms with Crippen LogP contribution in [0, 0.1) is 44.8 Å². The van der Waals surface area contributed by atoms with Crippen molar-refractivity contribution in [2.75, 3.05) is 12.8 Å². The van der Waals surface area contributed by atoms with Gasteiger partial charge in [-0.05, 0) is 114 Å². The second kappa shape index (κ2) is 9.13. The molecule has 0 aromatic carbocycles. The number of nitrogens with one attached hydrogen (secondary N) is 1. The number of nitrogens with two attached hydrogens (primary N) is 1. The van der Waals surface area contributed by atoms with Gasteiger partial charge in [-0.2, -0.15) is 5.10 Å². The third kappa shape index (κ3) is 3.64. The van der Waals surface area contributed by atoms with Crippen LogP contribution in [0.15, 0.2) is 23.9 Å². The highest BCUT2D eigenvalue weighted by molar-refractivity contribution is 5.80. The molecular weight excluding hydrogens is 548 g/mol. The Hall–Kier alpha value is -2.83. The lowest BCUT2D eigenvalue weighted by Crippen LogP contribution is -2.65. The Morgan fingerprint density at radius 1 is 1.02 bits per heavy atom. The van der Waals surface area contributed by atoms with E-state index in [4.69, 9.17) is 20.6 Å². The van der Waals surface area contributed by atoms with Crippen molar-refractivity contribution in [2.24, 2.45) is 44.8 Å². The number of nitrogens with zero attached hydrogens (tertiary/aromatic N) is 2. The molecule has 0 saturated heterocycles. The number of hydrogen-bond acceptors (Lipinski definition) is 5. The van der Waals surface area contributed by atoms with Gasteiger partial charge in [-0.25, -0.2) is 4.98 Å². The number of ether oxygens (including phenoxy) is 1. The Balaban J connectivity index is 1.48. The zero-order valence-electron chi connectivity index (χ0n) is 28.1. The van der Waals surface area contributed by atoms with Crippen molar-refractivity contribution < 1.29 is 14.6 Å². The van der Waals surface area contributed by atoms with Crippen molar-refractivity contribution in [3.8, 4) is 5.88 Å². The third-order valence-corrected chi connectivity index (χ3v) is 14.7. The maximum Gasteiger partial charge on any atom is 0.310 e. The Kier molecular flexibility index (Phi) is 6.19. The van der Waals surface area contributed by atoms with Gasteiger partial charge in [0.2, 0.25) is 5.88 Å². The minimum atomic E-state index is -0.702. The van der Waals surface area contributed by atoms with E-state index in [-0.39, 0.29) is 33.0 Å². The maximum absolute atomic E-state index is 13.4. The molecule has 5 aliphatic rings. The van der Waals surface area contributed by atoms with Crippen LogP contribution in [-0.4, -0.2) is 33.4 Å². The van der Waals surface area contributed by atoms with Gasteiger partial charge in [-0.1, -0.05) is 54.0 Å². The first-order valence-electron chi connectivity index (χ1n) is 16.8. The number of aromatic amines is 1. The molecule has 0 aliphatic heterocycles. The lowest BCUT2D eigenvalue weighted by atomic mass is 9.33. The number of pyridine rings is 1. The summed E-state index contributed by atoms with van der Waals surface area (Å²) in [6.07, 6.45) is 10.4. The Morgan fingerprint density at radius 2 is 1.75 bits per heavy atom. The largest absolute Gasteiger partial charge is 0.481 e. The minimum absolute atomic E-state index is 0.00829. The molecule has 3 saturated carbocycles. The fraction of sp³-hybridized carbons (Fsp3) is 0.703. The van der Waals surface area contributed by atoms with Crippen LogP contribution in [0.4, 0.5) is 5.82 Å². The van der Waals surface area contributed by atoms with E-state index in [9.17, 15) is 9.90 Å². The first kappa shape index (κ1) is 29.9. The fourth-order valence-corrected chi connectivity index (χ4v) is 12.1. The molecule has 7 rings (SSSR count). The van der Waals surface area contributed by atoms with Crippen LogP contribution in [0.3, 0.4) is 0 Å². The number of rotatable bonds is 3. The molecule has 0 bridgehead atoms. The lowest BCUT2D eigenvalue weighted by Gasteiger charge is -2.71. The van der Waals surface area contributed by atoms with Crippen molar-refractivity contribution >= 4 is 17.4 Å². The Labute approximate surface area is 262 Å². The predicted octanol–water partition coefficient (Wildman–Crippen LogP) is 7.82. The van der Waals surface area contributed by atoms with Crippen molar-refractivity contribution in [2.45, 2.75) is 112 Å². The molecule has 44 heavy (non-hydrogen) atoms. The molecule has 0 spiro atoms. The van der Waals surface area contributed by atoms with Gasteiger partial charge in [0.1, 0.15) is 5.82 Å². The quantitative estimate of drug-likeness (QED) is 0.331. The number of anilines is 1. The Morgan fingerprint density at radius 3 is 2.41 bits per heavy atom. The molecule has 238 valence electrons. The minimum Gasteiger partial charge on any atom is -0.481 e. The highest BCUT2D eigenvalue weighted by Crippen LogP contribution is 2.77. The van der Waals surface area contributed by atoms with E-state index in [0.29, 0.717) is 23.5 Å². The van der Waals surface area contributed by atoms with Gasteiger partial charge in [-0.3, -0.25) is 9.89 Å². The second-order valence-electron chi connectivity index (χ2n) is 17.3. The monoisotopic (exact) mass is 600 g/mol. The summed E-state index contributed by atoms with van der Waals surface area (Å²) in [5.41, 5.74) is 12.1. The van der Waals surface area contributed by atoms with Crippen molar-refractivity contribution in [1.29, 1.82) is 0 Å². The molecule has 7 atom stereocenters. The molecule has 2 heterocycles. The molecular formula is C37H52N4O3. The number of hydrogen-bond donors (Lipinski definition) is 3. The third-order valence-electron chi connectivity index (χ3n) is 14.7. The van der Waals surface area contributed by atoms with Crippen LogP contribution < -0.4 is 10.5 Å². The van der Waals surface area contributed by atoms with Gasteiger partial charge in [0.15, 0.2) is 0 Å². The van der Waals surface area contributed by atoms with Crippen molar-refractivity contribution in [1.82, 2.24) is 15.2 Å². The van der Waals surface area contributed by atoms with Gasteiger partial charge in [0.05, 0.1) is 18.2 Å². The number of carboxylic acids is 1. The normalized spacial score (nSPS) is 40.1. The molecule has 0 radical (unpaired) electrons. The summed E-state index contributed by atoms with van der Waals surface area (Å²) < 4.78 is 5.47. The summed E-state index contributed by atoms with van der Waals surface area (Å²) in [5.74, 6) is 1.61. The van der Waals surface area contributed by atoms with Gasteiger partial charge < -0.3 is 15.6 Å². The van der Waals surface area contributed by atoms with Gasteiger partial charge in [-0.15, -0.1) is 0 Å². The summed E-state index contributed by atoms with van der Waals surface area (Å²) in [4.78, 5) is 18.0. The van der Waals surface area contributed by atoms with E-state index in [1.54, 1.807) is 7.11 Å². The number of methoxy groups -OCH3 is 1. The molecule has 0 amide bonds. The van der Waals surface area contributed by atoms with Crippen LogP contribution in [0.1, 0.15) is 117 Å². The average Bonchev–Trinajstić information content (AvgIpc) is 3.33. The van der Waals surface area contributed by atoms with Crippen LogP contribution in [0.25, 0.3) is 5.57 Å². The smallest absolute Gasteiger partial charge is 0.310 e. The van der Waals surface area contributed by atoms with Crippen molar-refractivity contribution in [3.05, 3.63) is 40.7 Å².